The minimum absolute atomic E-state index is 0.0334. The Bertz CT molecular complexity index is 844. The number of nitrogens with zero attached hydrogens (tertiary/aromatic N) is 1. The van der Waals surface area contributed by atoms with Gasteiger partial charge in [0, 0.05) is 30.4 Å². The van der Waals surface area contributed by atoms with Crippen molar-refractivity contribution in [1.82, 2.24) is 9.88 Å². The summed E-state index contributed by atoms with van der Waals surface area (Å²) < 4.78 is 30.6. The number of alkyl halides is 2. The van der Waals surface area contributed by atoms with Gasteiger partial charge in [0.2, 0.25) is 0 Å². The number of aryl methyl sites for hydroxylation is 1. The molecule has 0 bridgehead atoms. The SMILES string of the molecule is O=C(NCCCn1ccc2ccccc21)c1ccc(OC(F)F)cc1. The Labute approximate surface area is 144 Å². The second-order valence-corrected chi connectivity index (χ2v) is 5.58. The maximum absolute atomic E-state index is 12.1. The van der Waals surface area contributed by atoms with E-state index in [9.17, 15) is 13.6 Å². The van der Waals surface area contributed by atoms with Crippen molar-refractivity contribution in [3.8, 4) is 5.75 Å². The molecule has 3 aromatic rings. The normalized spacial score (nSPS) is 11.0. The van der Waals surface area contributed by atoms with Gasteiger partial charge in [0.15, 0.2) is 0 Å². The van der Waals surface area contributed by atoms with Crippen LogP contribution in [0.3, 0.4) is 0 Å². The van der Waals surface area contributed by atoms with Crippen LogP contribution >= 0.6 is 0 Å². The number of halogens is 2. The van der Waals surface area contributed by atoms with Gasteiger partial charge in [-0.3, -0.25) is 4.79 Å². The predicted octanol–water partition coefficient (Wildman–Crippen LogP) is 4.06. The van der Waals surface area contributed by atoms with Crippen molar-refractivity contribution in [2.45, 2.75) is 19.6 Å². The van der Waals surface area contributed by atoms with E-state index in [2.05, 4.69) is 32.8 Å². The number of carbonyl (C=O) groups is 1. The van der Waals surface area contributed by atoms with E-state index < -0.39 is 6.61 Å². The maximum atomic E-state index is 12.1. The van der Waals surface area contributed by atoms with Crippen LogP contribution < -0.4 is 10.1 Å². The third-order valence-electron chi connectivity index (χ3n) is 3.88. The number of hydrogen-bond donors (Lipinski definition) is 1. The number of ether oxygens (including phenoxy) is 1. The van der Waals surface area contributed by atoms with Gasteiger partial charge in [0.1, 0.15) is 5.75 Å². The Balaban J connectivity index is 1.48. The van der Waals surface area contributed by atoms with Crippen LogP contribution in [0.5, 0.6) is 5.75 Å². The summed E-state index contributed by atoms with van der Waals surface area (Å²) >= 11 is 0. The summed E-state index contributed by atoms with van der Waals surface area (Å²) in [5.41, 5.74) is 1.58. The number of aromatic nitrogens is 1. The molecule has 130 valence electrons. The van der Waals surface area contributed by atoms with Gasteiger partial charge in [-0.15, -0.1) is 0 Å². The van der Waals surface area contributed by atoms with E-state index in [0.717, 1.165) is 13.0 Å². The number of nitrogens with one attached hydrogen (secondary N) is 1. The van der Waals surface area contributed by atoms with E-state index in [1.807, 2.05) is 18.3 Å². The monoisotopic (exact) mass is 344 g/mol. The van der Waals surface area contributed by atoms with Crippen molar-refractivity contribution >= 4 is 16.8 Å². The first-order chi connectivity index (χ1) is 12.1. The number of carbonyl (C=O) groups excluding carboxylic acids is 1. The van der Waals surface area contributed by atoms with Crippen LogP contribution in [0.25, 0.3) is 10.9 Å². The Morgan fingerprint density at radius 1 is 1.08 bits per heavy atom. The second kappa shape index (κ2) is 7.79. The van der Waals surface area contributed by atoms with Crippen LogP contribution in [0, 0.1) is 0 Å². The van der Waals surface area contributed by atoms with Crippen LogP contribution in [-0.2, 0) is 6.54 Å². The molecule has 0 aliphatic carbocycles. The molecular weight excluding hydrogens is 326 g/mol. The minimum atomic E-state index is -2.87. The molecule has 4 nitrogen and oxygen atoms in total. The number of benzene rings is 2. The largest absolute Gasteiger partial charge is 0.435 e. The zero-order chi connectivity index (χ0) is 17.6. The van der Waals surface area contributed by atoms with Crippen molar-refractivity contribution in [2.24, 2.45) is 0 Å². The molecule has 0 aliphatic rings. The van der Waals surface area contributed by atoms with Gasteiger partial charge in [0.05, 0.1) is 0 Å². The molecule has 0 aliphatic heterocycles. The van der Waals surface area contributed by atoms with E-state index >= 15 is 0 Å². The number of rotatable bonds is 7. The number of hydrogen-bond acceptors (Lipinski definition) is 2. The topological polar surface area (TPSA) is 43.3 Å². The lowest BCUT2D eigenvalue weighted by Gasteiger charge is -2.08. The Kier molecular flexibility index (Phi) is 5.28. The van der Waals surface area contributed by atoms with Gasteiger partial charge >= 0.3 is 6.61 Å². The van der Waals surface area contributed by atoms with Crippen LogP contribution in [0.2, 0.25) is 0 Å². The van der Waals surface area contributed by atoms with Crippen molar-refractivity contribution in [3.63, 3.8) is 0 Å². The van der Waals surface area contributed by atoms with E-state index in [4.69, 9.17) is 0 Å². The molecule has 1 N–H and O–H groups in total. The molecular formula is C19H18F2N2O2. The Morgan fingerprint density at radius 2 is 1.84 bits per heavy atom. The lowest BCUT2D eigenvalue weighted by Crippen LogP contribution is -2.25. The fraction of sp³-hybridized carbons (Fsp3) is 0.211. The summed E-state index contributed by atoms with van der Waals surface area (Å²) in [5, 5.41) is 4.02. The standard InChI is InChI=1S/C19H18F2N2O2/c20-19(21)25-16-8-6-15(7-9-16)18(24)22-11-3-12-23-13-10-14-4-1-2-5-17(14)23/h1-2,4-10,13,19H,3,11-12H2,(H,22,24). The molecule has 0 spiro atoms. The van der Waals surface area contributed by atoms with Gasteiger partial charge < -0.3 is 14.6 Å². The van der Waals surface area contributed by atoms with Crippen molar-refractivity contribution in [3.05, 3.63) is 66.4 Å². The van der Waals surface area contributed by atoms with E-state index in [0.29, 0.717) is 12.1 Å². The summed E-state index contributed by atoms with van der Waals surface area (Å²) in [6, 6.07) is 15.8. The molecule has 0 radical (unpaired) electrons. The van der Waals surface area contributed by atoms with Crippen LogP contribution in [0.4, 0.5) is 8.78 Å². The fourth-order valence-electron chi connectivity index (χ4n) is 2.68. The summed E-state index contributed by atoms with van der Waals surface area (Å²) in [7, 11) is 0. The Morgan fingerprint density at radius 3 is 2.60 bits per heavy atom. The smallest absolute Gasteiger partial charge is 0.387 e. The highest BCUT2D eigenvalue weighted by Crippen LogP contribution is 2.16. The molecule has 0 fully saturated rings. The van der Waals surface area contributed by atoms with Crippen LogP contribution in [0.1, 0.15) is 16.8 Å². The average molecular weight is 344 g/mol. The molecule has 3 rings (SSSR count). The van der Waals surface area contributed by atoms with Gasteiger partial charge in [-0.2, -0.15) is 8.78 Å². The minimum Gasteiger partial charge on any atom is -0.435 e. The highest BCUT2D eigenvalue weighted by Gasteiger charge is 2.08. The quantitative estimate of drug-likeness (QED) is 0.657. The summed E-state index contributed by atoms with van der Waals surface area (Å²) in [6.45, 7) is -1.54. The van der Waals surface area contributed by atoms with E-state index in [-0.39, 0.29) is 11.7 Å². The molecule has 2 aromatic carbocycles. The fourth-order valence-corrected chi connectivity index (χ4v) is 2.68. The molecule has 1 aromatic heterocycles. The summed E-state index contributed by atoms with van der Waals surface area (Å²) in [5.74, 6) is -0.202. The van der Waals surface area contributed by atoms with Gasteiger partial charge in [-0.25, -0.2) is 0 Å². The van der Waals surface area contributed by atoms with Gasteiger partial charge in [-0.05, 0) is 48.2 Å². The first-order valence-electron chi connectivity index (χ1n) is 8.00. The highest BCUT2D eigenvalue weighted by atomic mass is 19.3. The molecule has 25 heavy (non-hydrogen) atoms. The third kappa shape index (κ3) is 4.35. The second-order valence-electron chi connectivity index (χ2n) is 5.58. The molecule has 1 heterocycles. The first-order valence-corrected chi connectivity index (χ1v) is 8.00. The number of fused-ring (bicyclic) bond motifs is 1. The first kappa shape index (κ1) is 17.0. The lowest BCUT2D eigenvalue weighted by atomic mass is 10.2. The molecule has 0 saturated heterocycles. The number of para-hydroxylation sites is 1. The molecule has 0 saturated carbocycles. The number of amides is 1. The van der Waals surface area contributed by atoms with E-state index in [1.54, 1.807) is 0 Å². The predicted molar refractivity (Wildman–Crippen MR) is 92.0 cm³/mol. The van der Waals surface area contributed by atoms with E-state index in [1.165, 1.54) is 35.2 Å². The highest BCUT2D eigenvalue weighted by molar-refractivity contribution is 5.94. The van der Waals surface area contributed by atoms with Crippen LogP contribution in [-0.4, -0.2) is 23.6 Å². The summed E-state index contributed by atoms with van der Waals surface area (Å²) in [4.78, 5) is 12.0. The zero-order valence-electron chi connectivity index (χ0n) is 13.5. The van der Waals surface area contributed by atoms with Crippen molar-refractivity contribution in [1.29, 1.82) is 0 Å². The molecule has 0 atom stereocenters. The molecule has 1 amide bonds. The lowest BCUT2D eigenvalue weighted by molar-refractivity contribution is -0.0498. The average Bonchev–Trinajstić information content (AvgIpc) is 3.02. The third-order valence-corrected chi connectivity index (χ3v) is 3.88. The molecule has 0 unspecified atom stereocenters. The Hall–Kier alpha value is -2.89. The van der Waals surface area contributed by atoms with Gasteiger partial charge in [0.25, 0.3) is 5.91 Å². The van der Waals surface area contributed by atoms with Crippen LogP contribution in [0.15, 0.2) is 60.8 Å². The van der Waals surface area contributed by atoms with Gasteiger partial charge in [-0.1, -0.05) is 18.2 Å². The zero-order valence-corrected chi connectivity index (χ0v) is 13.5. The van der Waals surface area contributed by atoms with Crippen molar-refractivity contribution in [2.75, 3.05) is 6.54 Å². The summed E-state index contributed by atoms with van der Waals surface area (Å²) in [6.07, 6.45) is 2.82. The maximum Gasteiger partial charge on any atom is 0.387 e. The molecule has 6 heteroatoms. The van der Waals surface area contributed by atoms with Crippen molar-refractivity contribution < 1.29 is 18.3 Å².